The number of rotatable bonds is 2. The smallest absolute Gasteiger partial charge is 0.198 e. The molecule has 19 heavy (non-hydrogen) atoms. The maximum Gasteiger partial charge on any atom is 0.198 e. The van der Waals surface area contributed by atoms with E-state index in [0.717, 1.165) is 16.7 Å². The molecular weight excluding hydrogens is 304 g/mol. The molecule has 100 valence electrons. The van der Waals surface area contributed by atoms with Gasteiger partial charge in [-0.3, -0.25) is 4.79 Å². The molecule has 2 rings (SSSR count). The minimum atomic E-state index is 0.0156. The Kier molecular flexibility index (Phi) is 3.68. The topological polar surface area (TPSA) is 30.2 Å². The molecule has 0 atom stereocenters. The van der Waals surface area contributed by atoms with E-state index in [1.54, 1.807) is 6.07 Å². The SMILES string of the molecule is Cc1c(C)c(C)c(C(=O)c2ccoc2Br)c(C)c1C. The van der Waals surface area contributed by atoms with Crippen LogP contribution in [0.3, 0.4) is 0 Å². The fourth-order valence-corrected chi connectivity index (χ4v) is 2.85. The van der Waals surface area contributed by atoms with Crippen molar-refractivity contribution in [3.63, 3.8) is 0 Å². The average Bonchev–Trinajstić information content (AvgIpc) is 2.80. The number of furan rings is 1. The normalized spacial score (nSPS) is 10.8. The van der Waals surface area contributed by atoms with Gasteiger partial charge in [-0.25, -0.2) is 0 Å². The van der Waals surface area contributed by atoms with Gasteiger partial charge in [-0.2, -0.15) is 0 Å². The van der Waals surface area contributed by atoms with Crippen LogP contribution < -0.4 is 0 Å². The van der Waals surface area contributed by atoms with E-state index >= 15 is 0 Å². The lowest BCUT2D eigenvalue weighted by Gasteiger charge is -2.17. The van der Waals surface area contributed by atoms with Gasteiger partial charge in [0.2, 0.25) is 0 Å². The summed E-state index contributed by atoms with van der Waals surface area (Å²) in [6.07, 6.45) is 1.52. The Morgan fingerprint density at radius 1 is 0.947 bits per heavy atom. The van der Waals surface area contributed by atoms with Crippen molar-refractivity contribution in [1.82, 2.24) is 0 Å². The summed E-state index contributed by atoms with van der Waals surface area (Å²) in [4.78, 5) is 12.7. The number of carbonyl (C=O) groups is 1. The quantitative estimate of drug-likeness (QED) is 0.743. The second-order valence-electron chi connectivity index (χ2n) is 4.94. The lowest BCUT2D eigenvalue weighted by Crippen LogP contribution is -2.10. The van der Waals surface area contributed by atoms with Gasteiger partial charge in [-0.15, -0.1) is 0 Å². The van der Waals surface area contributed by atoms with Gasteiger partial charge in [0.25, 0.3) is 0 Å². The lowest BCUT2D eigenvalue weighted by molar-refractivity contribution is 0.103. The van der Waals surface area contributed by atoms with Gasteiger partial charge in [0.1, 0.15) is 0 Å². The first-order valence-corrected chi connectivity index (χ1v) is 7.00. The van der Waals surface area contributed by atoms with Crippen molar-refractivity contribution in [3.8, 4) is 0 Å². The summed E-state index contributed by atoms with van der Waals surface area (Å²) >= 11 is 3.28. The van der Waals surface area contributed by atoms with Gasteiger partial charge in [-0.1, -0.05) is 0 Å². The van der Waals surface area contributed by atoms with Crippen molar-refractivity contribution in [2.45, 2.75) is 34.6 Å². The van der Waals surface area contributed by atoms with Crippen molar-refractivity contribution >= 4 is 21.7 Å². The first-order chi connectivity index (χ1) is 8.86. The van der Waals surface area contributed by atoms with Crippen LogP contribution in [0.5, 0.6) is 0 Å². The van der Waals surface area contributed by atoms with Crippen molar-refractivity contribution in [2.75, 3.05) is 0 Å². The molecular formula is C16H17BrO2. The second-order valence-corrected chi connectivity index (χ2v) is 5.66. The highest BCUT2D eigenvalue weighted by molar-refractivity contribution is 9.10. The number of ketones is 1. The van der Waals surface area contributed by atoms with E-state index in [4.69, 9.17) is 4.42 Å². The Morgan fingerprint density at radius 3 is 1.84 bits per heavy atom. The van der Waals surface area contributed by atoms with Crippen LogP contribution >= 0.6 is 15.9 Å². The van der Waals surface area contributed by atoms with E-state index in [2.05, 4.69) is 36.7 Å². The van der Waals surface area contributed by atoms with Gasteiger partial charge >= 0.3 is 0 Å². The molecule has 2 aromatic rings. The van der Waals surface area contributed by atoms with Crippen LogP contribution in [0.15, 0.2) is 21.4 Å². The standard InChI is InChI=1S/C16H17BrO2/c1-8-9(2)11(4)14(12(5)10(8)3)15(18)13-6-7-19-16(13)17/h6-7H,1-5H3. The van der Waals surface area contributed by atoms with Crippen molar-refractivity contribution < 1.29 is 9.21 Å². The Labute approximate surface area is 122 Å². The van der Waals surface area contributed by atoms with E-state index in [9.17, 15) is 4.79 Å². The molecule has 0 aliphatic heterocycles. The Balaban J connectivity index is 2.71. The molecule has 0 bridgehead atoms. The van der Waals surface area contributed by atoms with E-state index in [1.807, 2.05) is 13.8 Å². The number of carbonyl (C=O) groups excluding carboxylic acids is 1. The van der Waals surface area contributed by atoms with E-state index in [0.29, 0.717) is 10.2 Å². The molecule has 1 heterocycles. The predicted octanol–water partition coefficient (Wildman–Crippen LogP) is 4.82. The molecule has 0 aliphatic rings. The monoisotopic (exact) mass is 320 g/mol. The third-order valence-electron chi connectivity index (χ3n) is 4.09. The van der Waals surface area contributed by atoms with Crippen LogP contribution in [0.25, 0.3) is 0 Å². The highest BCUT2D eigenvalue weighted by Gasteiger charge is 2.22. The lowest BCUT2D eigenvalue weighted by atomic mass is 9.86. The van der Waals surface area contributed by atoms with Gasteiger partial charge in [0.05, 0.1) is 11.8 Å². The molecule has 0 unspecified atom stereocenters. The number of hydrogen-bond donors (Lipinski definition) is 0. The first kappa shape index (κ1) is 14.1. The molecule has 0 saturated heterocycles. The zero-order chi connectivity index (χ0) is 14.3. The third kappa shape index (κ3) is 2.16. The van der Waals surface area contributed by atoms with Crippen LogP contribution in [0.4, 0.5) is 0 Å². The minimum absolute atomic E-state index is 0.0156. The fraction of sp³-hybridized carbons (Fsp3) is 0.312. The summed E-state index contributed by atoms with van der Waals surface area (Å²) in [7, 11) is 0. The zero-order valence-electron chi connectivity index (χ0n) is 11.8. The summed E-state index contributed by atoms with van der Waals surface area (Å²) in [6, 6.07) is 1.70. The van der Waals surface area contributed by atoms with Gasteiger partial charge in [0.15, 0.2) is 10.5 Å². The summed E-state index contributed by atoms with van der Waals surface area (Å²) in [5.74, 6) is 0.0156. The Bertz CT molecular complexity index is 637. The Hall–Kier alpha value is -1.35. The van der Waals surface area contributed by atoms with Crippen molar-refractivity contribution in [2.24, 2.45) is 0 Å². The zero-order valence-corrected chi connectivity index (χ0v) is 13.4. The van der Waals surface area contributed by atoms with Crippen LogP contribution in [0.1, 0.15) is 43.7 Å². The minimum Gasteiger partial charge on any atom is -0.457 e. The highest BCUT2D eigenvalue weighted by atomic mass is 79.9. The molecule has 0 aliphatic carbocycles. The van der Waals surface area contributed by atoms with Crippen molar-refractivity contribution in [1.29, 1.82) is 0 Å². The molecule has 0 amide bonds. The molecule has 0 N–H and O–H groups in total. The van der Waals surface area contributed by atoms with Crippen molar-refractivity contribution in [3.05, 3.63) is 55.9 Å². The van der Waals surface area contributed by atoms with Gasteiger partial charge in [0, 0.05) is 5.56 Å². The molecule has 1 aromatic carbocycles. The molecule has 0 fully saturated rings. The summed E-state index contributed by atoms with van der Waals surface area (Å²) in [6.45, 7) is 10.3. The van der Waals surface area contributed by atoms with Crippen LogP contribution in [-0.4, -0.2) is 5.78 Å². The molecule has 1 aromatic heterocycles. The number of halogens is 1. The highest BCUT2D eigenvalue weighted by Crippen LogP contribution is 2.30. The summed E-state index contributed by atoms with van der Waals surface area (Å²) < 4.78 is 5.66. The van der Waals surface area contributed by atoms with E-state index in [1.165, 1.54) is 23.0 Å². The summed E-state index contributed by atoms with van der Waals surface area (Å²) in [5.41, 5.74) is 7.11. The maximum absolute atomic E-state index is 12.7. The summed E-state index contributed by atoms with van der Waals surface area (Å²) in [5, 5.41) is 0. The number of hydrogen-bond acceptors (Lipinski definition) is 2. The molecule has 0 saturated carbocycles. The molecule has 0 radical (unpaired) electrons. The number of benzene rings is 1. The first-order valence-electron chi connectivity index (χ1n) is 6.20. The molecule has 0 spiro atoms. The fourth-order valence-electron chi connectivity index (χ4n) is 2.43. The second kappa shape index (κ2) is 4.97. The third-order valence-corrected chi connectivity index (χ3v) is 4.70. The average molecular weight is 321 g/mol. The van der Waals surface area contributed by atoms with Gasteiger partial charge < -0.3 is 4.42 Å². The van der Waals surface area contributed by atoms with Gasteiger partial charge in [-0.05, 0) is 84.4 Å². The molecule has 2 nitrogen and oxygen atoms in total. The van der Waals surface area contributed by atoms with E-state index in [-0.39, 0.29) is 5.78 Å². The van der Waals surface area contributed by atoms with Crippen LogP contribution in [0.2, 0.25) is 0 Å². The maximum atomic E-state index is 12.7. The largest absolute Gasteiger partial charge is 0.457 e. The van der Waals surface area contributed by atoms with Crippen LogP contribution in [0, 0.1) is 34.6 Å². The van der Waals surface area contributed by atoms with E-state index < -0.39 is 0 Å². The van der Waals surface area contributed by atoms with Crippen LogP contribution in [-0.2, 0) is 0 Å². The predicted molar refractivity (Wildman–Crippen MR) is 80.0 cm³/mol. The Morgan fingerprint density at radius 2 is 1.42 bits per heavy atom. The molecule has 3 heteroatoms.